The highest BCUT2D eigenvalue weighted by Crippen LogP contribution is 2.30. The first-order valence-corrected chi connectivity index (χ1v) is 15.4. The summed E-state index contributed by atoms with van der Waals surface area (Å²) in [6.45, 7) is 2.46. The number of nitrogens with zero attached hydrogens (tertiary/aromatic N) is 2. The zero-order valence-electron chi connectivity index (χ0n) is 23.1. The molecule has 0 saturated heterocycles. The van der Waals surface area contributed by atoms with Gasteiger partial charge in [0.15, 0.2) is 0 Å². The maximum atomic E-state index is 12.1. The summed E-state index contributed by atoms with van der Waals surface area (Å²) in [5, 5.41) is 1.08. The van der Waals surface area contributed by atoms with Crippen molar-refractivity contribution in [2.24, 2.45) is 0 Å². The minimum Gasteiger partial charge on any atom is -0.465 e. The molecule has 5 nitrogen and oxygen atoms in total. The molecule has 0 N–H and O–H groups in total. The van der Waals surface area contributed by atoms with E-state index in [4.69, 9.17) is 32.9 Å². The molecule has 0 aliphatic heterocycles. The number of halogens is 2. The van der Waals surface area contributed by atoms with E-state index in [9.17, 15) is 9.00 Å². The molecule has 1 heterocycles. The van der Waals surface area contributed by atoms with Crippen molar-refractivity contribution in [2.75, 3.05) is 12.9 Å². The second kappa shape index (κ2) is 13.3. The van der Waals surface area contributed by atoms with Gasteiger partial charge in [-0.05, 0) is 70.8 Å². The highest BCUT2D eigenvalue weighted by atomic mass is 35.5. The van der Waals surface area contributed by atoms with Gasteiger partial charge in [-0.2, -0.15) is 0 Å². The van der Waals surface area contributed by atoms with Gasteiger partial charge in [-0.15, -0.1) is 0 Å². The molecular weight excluding hydrogens is 587 g/mol. The second-order valence-corrected chi connectivity index (χ2v) is 12.1. The number of ether oxygens (including phenoxy) is 1. The number of imidazole rings is 1. The van der Waals surface area contributed by atoms with Gasteiger partial charge in [0.2, 0.25) is 0 Å². The van der Waals surface area contributed by atoms with Crippen molar-refractivity contribution >= 4 is 52.1 Å². The van der Waals surface area contributed by atoms with Crippen LogP contribution in [0.1, 0.15) is 34.2 Å². The van der Waals surface area contributed by atoms with Crippen molar-refractivity contribution < 1.29 is 13.7 Å². The molecule has 4 aromatic carbocycles. The Bertz CT molecular complexity index is 1760. The van der Waals surface area contributed by atoms with Crippen LogP contribution in [0.2, 0.25) is 10.0 Å². The molecule has 0 bridgehead atoms. The molecule has 0 aliphatic carbocycles. The third kappa shape index (κ3) is 6.90. The predicted molar refractivity (Wildman–Crippen MR) is 172 cm³/mol. The first-order valence-electron chi connectivity index (χ1n) is 13.3. The third-order valence-corrected chi connectivity index (χ3v) is 8.66. The number of carbonyl (C=O) groups is 1. The fourth-order valence-corrected chi connectivity index (χ4v) is 5.78. The maximum absolute atomic E-state index is 12.1. The lowest BCUT2D eigenvalue weighted by molar-refractivity contribution is 0.0600. The Labute approximate surface area is 257 Å². The summed E-state index contributed by atoms with van der Waals surface area (Å²) >= 11 is 12.6. The normalized spacial score (nSPS) is 12.0. The van der Waals surface area contributed by atoms with E-state index < -0.39 is 10.8 Å². The van der Waals surface area contributed by atoms with Gasteiger partial charge in [0.05, 0.1) is 34.2 Å². The molecule has 0 amide bonds. The zero-order valence-corrected chi connectivity index (χ0v) is 25.4. The van der Waals surface area contributed by atoms with E-state index in [1.54, 1.807) is 24.3 Å². The summed E-state index contributed by atoms with van der Waals surface area (Å²) < 4.78 is 18.9. The summed E-state index contributed by atoms with van der Waals surface area (Å²) in [5.74, 6) is 0.981. The lowest BCUT2D eigenvalue weighted by Crippen LogP contribution is -2.03. The van der Waals surface area contributed by atoms with E-state index >= 15 is 0 Å². The summed E-state index contributed by atoms with van der Waals surface area (Å²) in [7, 11) is 0.407. The molecule has 5 rings (SSSR count). The van der Waals surface area contributed by atoms with Crippen LogP contribution < -0.4 is 0 Å². The quantitative estimate of drug-likeness (QED) is 0.156. The van der Waals surface area contributed by atoms with Crippen LogP contribution in [-0.4, -0.2) is 32.6 Å². The van der Waals surface area contributed by atoms with E-state index in [1.807, 2.05) is 72.3 Å². The van der Waals surface area contributed by atoms with Crippen LogP contribution in [0.4, 0.5) is 0 Å². The van der Waals surface area contributed by atoms with Gasteiger partial charge in [-0.25, -0.2) is 9.78 Å². The smallest absolute Gasteiger partial charge is 0.337 e. The van der Waals surface area contributed by atoms with E-state index in [2.05, 4.69) is 24.3 Å². The SMILES string of the molecule is CCS(=O)c1ccc(-c2ccc(C=Cc3nc(-c4ccc(Cl)cc4Cl)cn3Cc3ccc(C(=O)OC)cc3)cc2)cc1. The number of rotatable bonds is 9. The molecule has 42 heavy (non-hydrogen) atoms. The molecule has 1 aromatic heterocycles. The summed E-state index contributed by atoms with van der Waals surface area (Å²) in [6, 6.07) is 28.8. The van der Waals surface area contributed by atoms with Crippen LogP contribution >= 0.6 is 23.2 Å². The van der Waals surface area contributed by atoms with Gasteiger partial charge in [-0.1, -0.05) is 84.7 Å². The lowest BCUT2D eigenvalue weighted by atomic mass is 10.0. The topological polar surface area (TPSA) is 61.2 Å². The van der Waals surface area contributed by atoms with Crippen LogP contribution in [-0.2, 0) is 22.1 Å². The van der Waals surface area contributed by atoms with Crippen molar-refractivity contribution in [1.82, 2.24) is 9.55 Å². The minimum absolute atomic E-state index is 0.372. The summed E-state index contributed by atoms with van der Waals surface area (Å²) in [4.78, 5) is 17.6. The monoisotopic (exact) mass is 614 g/mol. The fraction of sp³-hybridized carbons (Fsp3) is 0.118. The average molecular weight is 616 g/mol. The molecule has 8 heteroatoms. The fourth-order valence-electron chi connectivity index (χ4n) is 4.50. The minimum atomic E-state index is -0.960. The molecule has 0 saturated carbocycles. The Balaban J connectivity index is 1.41. The van der Waals surface area contributed by atoms with Crippen molar-refractivity contribution in [1.29, 1.82) is 0 Å². The Morgan fingerprint density at radius 3 is 2.19 bits per heavy atom. The van der Waals surface area contributed by atoms with E-state index in [0.29, 0.717) is 27.9 Å². The number of aromatic nitrogens is 2. The van der Waals surface area contributed by atoms with E-state index in [0.717, 1.165) is 44.2 Å². The third-order valence-electron chi connectivity index (χ3n) is 6.79. The summed E-state index contributed by atoms with van der Waals surface area (Å²) in [5.41, 5.74) is 6.18. The predicted octanol–water partition coefficient (Wildman–Crippen LogP) is 8.66. The number of hydrogen-bond acceptors (Lipinski definition) is 4. The number of methoxy groups -OCH3 is 1. The van der Waals surface area contributed by atoms with Gasteiger partial charge in [0.1, 0.15) is 5.82 Å². The molecule has 0 fully saturated rings. The first kappa shape index (κ1) is 29.5. The Morgan fingerprint density at radius 2 is 1.57 bits per heavy atom. The standard InChI is InChI=1S/C34H28Cl2N2O3S/c1-3-42(40)29-16-13-26(14-17-29)25-9-4-23(5-10-25)8-19-33-37-32(30-18-15-28(35)20-31(30)36)22-38(33)21-24-6-11-27(12-7-24)34(39)41-2/h4-20,22H,3,21H2,1-2H3. The second-order valence-electron chi connectivity index (χ2n) is 9.54. The molecule has 212 valence electrons. The van der Waals surface area contributed by atoms with Crippen LogP contribution in [0.15, 0.2) is 102 Å². The molecule has 1 unspecified atom stereocenters. The van der Waals surface area contributed by atoms with Crippen LogP contribution in [0.3, 0.4) is 0 Å². The van der Waals surface area contributed by atoms with Crippen molar-refractivity contribution in [2.45, 2.75) is 18.4 Å². The van der Waals surface area contributed by atoms with Gasteiger partial charge in [0.25, 0.3) is 0 Å². The Morgan fingerprint density at radius 1 is 0.905 bits per heavy atom. The molecule has 0 spiro atoms. The van der Waals surface area contributed by atoms with Crippen LogP contribution in [0.5, 0.6) is 0 Å². The van der Waals surface area contributed by atoms with Gasteiger partial charge in [0, 0.05) is 34.0 Å². The van der Waals surface area contributed by atoms with Gasteiger partial charge < -0.3 is 9.30 Å². The summed E-state index contributed by atoms with van der Waals surface area (Å²) in [6.07, 6.45) is 5.95. The highest BCUT2D eigenvalue weighted by molar-refractivity contribution is 7.85. The first-order chi connectivity index (χ1) is 20.3. The molecule has 0 aliphatic rings. The molecule has 0 radical (unpaired) electrons. The van der Waals surface area contributed by atoms with Crippen molar-refractivity contribution in [3.05, 3.63) is 130 Å². The Kier molecular flexibility index (Phi) is 9.38. The lowest BCUT2D eigenvalue weighted by Gasteiger charge is -2.07. The average Bonchev–Trinajstić information content (AvgIpc) is 3.41. The largest absolute Gasteiger partial charge is 0.465 e. The molecule has 5 aromatic rings. The van der Waals surface area contributed by atoms with E-state index in [1.165, 1.54) is 7.11 Å². The highest BCUT2D eigenvalue weighted by Gasteiger charge is 2.13. The zero-order chi connectivity index (χ0) is 29.6. The van der Waals surface area contributed by atoms with Crippen LogP contribution in [0, 0.1) is 0 Å². The van der Waals surface area contributed by atoms with Gasteiger partial charge in [-0.3, -0.25) is 4.21 Å². The number of hydrogen-bond donors (Lipinski definition) is 0. The van der Waals surface area contributed by atoms with Gasteiger partial charge >= 0.3 is 5.97 Å². The van der Waals surface area contributed by atoms with Crippen LogP contribution in [0.25, 0.3) is 34.5 Å². The van der Waals surface area contributed by atoms with Crippen molar-refractivity contribution in [3.8, 4) is 22.4 Å². The number of benzene rings is 4. The van der Waals surface area contributed by atoms with E-state index in [-0.39, 0.29) is 5.97 Å². The molecule has 1 atom stereocenters. The maximum Gasteiger partial charge on any atom is 0.337 e. The number of esters is 1. The van der Waals surface area contributed by atoms with Crippen molar-refractivity contribution in [3.63, 3.8) is 0 Å². The number of carbonyl (C=O) groups excluding carboxylic acids is 1. The molecular formula is C34H28Cl2N2O3S. The Hall–Kier alpha value is -3.97.